The van der Waals surface area contributed by atoms with Crippen LogP contribution in [0.25, 0.3) is 0 Å². The summed E-state index contributed by atoms with van der Waals surface area (Å²) < 4.78 is 10.1. The van der Waals surface area contributed by atoms with E-state index in [0.717, 1.165) is 24.7 Å². The molecule has 6 heteroatoms. The minimum Gasteiger partial charge on any atom is -0.465 e. The molecule has 0 saturated carbocycles. The number of carbonyl (C=O) groups is 1. The van der Waals surface area contributed by atoms with Gasteiger partial charge in [-0.2, -0.15) is 0 Å². The lowest BCUT2D eigenvalue weighted by molar-refractivity contribution is 0.0606. The van der Waals surface area contributed by atoms with Gasteiger partial charge in [-0.3, -0.25) is 0 Å². The van der Waals surface area contributed by atoms with Crippen LogP contribution < -0.4 is 5.32 Å². The summed E-state index contributed by atoms with van der Waals surface area (Å²) in [6, 6.07) is 0. The predicted molar refractivity (Wildman–Crippen MR) is 65.5 cm³/mol. The van der Waals surface area contributed by atoms with Crippen LogP contribution in [-0.2, 0) is 9.47 Å². The van der Waals surface area contributed by atoms with Crippen LogP contribution in [0, 0.1) is 5.92 Å². The molecule has 0 amide bonds. The third kappa shape index (κ3) is 2.95. The maximum Gasteiger partial charge on any atom is 0.349 e. The molecule has 17 heavy (non-hydrogen) atoms. The van der Waals surface area contributed by atoms with Gasteiger partial charge in [-0.1, -0.05) is 11.3 Å². The standard InChI is InChI=1S/C11H16N2O3S/c1-7-8(3-4-16-7)5-12-11-13-6-9(17-11)10(14)15-2/h6-8H,3-5H2,1-2H3,(H,12,13). The molecule has 1 N–H and O–H groups in total. The van der Waals surface area contributed by atoms with Gasteiger partial charge in [0.1, 0.15) is 4.88 Å². The van der Waals surface area contributed by atoms with Crippen molar-refractivity contribution in [3.63, 3.8) is 0 Å². The smallest absolute Gasteiger partial charge is 0.349 e. The van der Waals surface area contributed by atoms with E-state index in [4.69, 9.17) is 4.74 Å². The Kier molecular flexibility index (Phi) is 3.96. The van der Waals surface area contributed by atoms with Gasteiger partial charge in [-0.25, -0.2) is 9.78 Å². The number of methoxy groups -OCH3 is 1. The highest BCUT2D eigenvalue weighted by atomic mass is 32.1. The molecule has 0 radical (unpaired) electrons. The molecule has 5 nitrogen and oxygen atoms in total. The third-order valence-electron chi connectivity index (χ3n) is 2.94. The number of carbonyl (C=O) groups excluding carboxylic acids is 1. The van der Waals surface area contributed by atoms with Crippen LogP contribution in [0.2, 0.25) is 0 Å². The number of hydrogen-bond donors (Lipinski definition) is 1. The summed E-state index contributed by atoms with van der Waals surface area (Å²) in [5, 5.41) is 3.99. The molecule has 1 aromatic rings. The van der Waals surface area contributed by atoms with E-state index in [9.17, 15) is 4.79 Å². The zero-order valence-corrected chi connectivity index (χ0v) is 10.8. The summed E-state index contributed by atoms with van der Waals surface area (Å²) in [5.74, 6) is 0.175. The molecule has 0 spiro atoms. The highest BCUT2D eigenvalue weighted by Crippen LogP contribution is 2.23. The molecule has 1 fully saturated rings. The van der Waals surface area contributed by atoms with E-state index in [1.807, 2.05) is 0 Å². The Morgan fingerprint density at radius 1 is 1.76 bits per heavy atom. The minimum atomic E-state index is -0.340. The lowest BCUT2D eigenvalue weighted by Gasteiger charge is -2.13. The highest BCUT2D eigenvalue weighted by molar-refractivity contribution is 7.17. The van der Waals surface area contributed by atoms with Crippen molar-refractivity contribution in [1.29, 1.82) is 0 Å². The van der Waals surface area contributed by atoms with Gasteiger partial charge in [0.05, 0.1) is 19.4 Å². The van der Waals surface area contributed by atoms with Crippen molar-refractivity contribution in [2.75, 3.05) is 25.6 Å². The van der Waals surface area contributed by atoms with Crippen LogP contribution in [0.1, 0.15) is 23.0 Å². The Hall–Kier alpha value is -1.14. The first-order valence-electron chi connectivity index (χ1n) is 5.60. The first-order chi connectivity index (χ1) is 8.20. The van der Waals surface area contributed by atoms with Gasteiger partial charge < -0.3 is 14.8 Å². The number of nitrogens with zero attached hydrogens (tertiary/aromatic N) is 1. The van der Waals surface area contributed by atoms with Crippen molar-refractivity contribution in [3.05, 3.63) is 11.1 Å². The van der Waals surface area contributed by atoms with E-state index in [1.165, 1.54) is 24.6 Å². The molecule has 94 valence electrons. The summed E-state index contributed by atoms with van der Waals surface area (Å²) in [6.45, 7) is 3.75. The fourth-order valence-electron chi connectivity index (χ4n) is 1.81. The van der Waals surface area contributed by atoms with Crippen LogP contribution in [0.5, 0.6) is 0 Å². The summed E-state index contributed by atoms with van der Waals surface area (Å²) in [5.41, 5.74) is 0. The van der Waals surface area contributed by atoms with E-state index in [2.05, 4.69) is 22.0 Å². The lowest BCUT2D eigenvalue weighted by Crippen LogP contribution is -2.20. The van der Waals surface area contributed by atoms with Crippen LogP contribution in [0.4, 0.5) is 5.13 Å². The molecule has 1 aliphatic rings. The zero-order chi connectivity index (χ0) is 12.3. The monoisotopic (exact) mass is 256 g/mol. The number of aromatic nitrogens is 1. The summed E-state index contributed by atoms with van der Waals surface area (Å²) in [4.78, 5) is 15.9. The maximum atomic E-state index is 11.2. The minimum absolute atomic E-state index is 0.294. The Morgan fingerprint density at radius 2 is 2.59 bits per heavy atom. The van der Waals surface area contributed by atoms with Crippen molar-refractivity contribution in [1.82, 2.24) is 4.98 Å². The molecule has 0 aliphatic carbocycles. The van der Waals surface area contributed by atoms with Crippen LogP contribution in [-0.4, -0.2) is 37.3 Å². The van der Waals surface area contributed by atoms with Crippen LogP contribution >= 0.6 is 11.3 Å². The average molecular weight is 256 g/mol. The van der Waals surface area contributed by atoms with Gasteiger partial charge in [0.25, 0.3) is 0 Å². The van der Waals surface area contributed by atoms with Crippen LogP contribution in [0.15, 0.2) is 6.20 Å². The van der Waals surface area contributed by atoms with Crippen molar-refractivity contribution < 1.29 is 14.3 Å². The first-order valence-corrected chi connectivity index (χ1v) is 6.42. The molecular weight excluding hydrogens is 240 g/mol. The summed E-state index contributed by atoms with van der Waals surface area (Å²) in [6.07, 6.45) is 2.90. The molecular formula is C11H16N2O3S. The second kappa shape index (κ2) is 5.46. The molecule has 2 unspecified atom stereocenters. The number of esters is 1. The Balaban J connectivity index is 1.86. The molecule has 1 saturated heterocycles. The largest absolute Gasteiger partial charge is 0.465 e. The molecule has 2 rings (SSSR count). The van der Waals surface area contributed by atoms with Crippen molar-refractivity contribution in [3.8, 4) is 0 Å². The Morgan fingerprint density at radius 3 is 3.24 bits per heavy atom. The third-order valence-corrected chi connectivity index (χ3v) is 3.88. The fraction of sp³-hybridized carbons (Fsp3) is 0.636. The van der Waals surface area contributed by atoms with E-state index >= 15 is 0 Å². The number of ether oxygens (including phenoxy) is 2. The van der Waals surface area contributed by atoms with Gasteiger partial charge in [-0.05, 0) is 13.3 Å². The number of hydrogen-bond acceptors (Lipinski definition) is 6. The molecule has 0 bridgehead atoms. The molecule has 1 aromatic heterocycles. The van der Waals surface area contributed by atoms with Gasteiger partial charge in [0.15, 0.2) is 5.13 Å². The highest BCUT2D eigenvalue weighted by Gasteiger charge is 2.24. The SMILES string of the molecule is COC(=O)c1cnc(NCC2CCOC2C)s1. The topological polar surface area (TPSA) is 60.5 Å². The van der Waals surface area contributed by atoms with Gasteiger partial charge >= 0.3 is 5.97 Å². The van der Waals surface area contributed by atoms with E-state index < -0.39 is 0 Å². The Labute approximate surface area is 104 Å². The first kappa shape index (κ1) is 12.3. The Bertz CT molecular complexity index is 394. The lowest BCUT2D eigenvalue weighted by atomic mass is 10.0. The predicted octanol–water partition coefficient (Wildman–Crippen LogP) is 1.77. The van der Waals surface area contributed by atoms with Crippen molar-refractivity contribution >= 4 is 22.4 Å². The quantitative estimate of drug-likeness (QED) is 0.832. The summed E-state index contributed by atoms with van der Waals surface area (Å²) >= 11 is 1.31. The molecule has 1 aliphatic heterocycles. The number of thiazole rings is 1. The van der Waals surface area contributed by atoms with Crippen LogP contribution in [0.3, 0.4) is 0 Å². The second-order valence-corrected chi connectivity index (χ2v) is 5.06. The normalized spacial score (nSPS) is 23.6. The number of anilines is 1. The van der Waals surface area contributed by atoms with E-state index in [1.54, 1.807) is 0 Å². The van der Waals surface area contributed by atoms with Gasteiger partial charge in [-0.15, -0.1) is 0 Å². The maximum absolute atomic E-state index is 11.2. The molecule has 2 heterocycles. The van der Waals surface area contributed by atoms with E-state index in [-0.39, 0.29) is 5.97 Å². The fourth-order valence-corrected chi connectivity index (χ4v) is 2.55. The second-order valence-electron chi connectivity index (χ2n) is 4.03. The van der Waals surface area contributed by atoms with Gasteiger partial charge in [0.2, 0.25) is 0 Å². The van der Waals surface area contributed by atoms with Gasteiger partial charge in [0, 0.05) is 19.1 Å². The van der Waals surface area contributed by atoms with E-state index in [0.29, 0.717) is 16.9 Å². The number of nitrogens with one attached hydrogen (secondary N) is 1. The zero-order valence-electron chi connectivity index (χ0n) is 9.93. The van der Waals surface area contributed by atoms with Crippen molar-refractivity contribution in [2.45, 2.75) is 19.4 Å². The van der Waals surface area contributed by atoms with Crippen molar-refractivity contribution in [2.24, 2.45) is 5.92 Å². The average Bonchev–Trinajstić information content (AvgIpc) is 2.94. The summed E-state index contributed by atoms with van der Waals surface area (Å²) in [7, 11) is 1.37. The number of rotatable bonds is 4. The molecule has 0 aromatic carbocycles. The molecule has 2 atom stereocenters.